The van der Waals surface area contributed by atoms with Crippen molar-refractivity contribution in [3.8, 4) is 17.2 Å². The number of hydrogen-bond acceptors (Lipinski definition) is 4. The second kappa shape index (κ2) is 8.43. The number of furan rings is 1. The third kappa shape index (κ3) is 3.79. The van der Waals surface area contributed by atoms with Gasteiger partial charge in [-0.3, -0.25) is 9.56 Å². The topological polar surface area (TPSA) is 119 Å². The van der Waals surface area contributed by atoms with E-state index in [4.69, 9.17) is 4.42 Å². The van der Waals surface area contributed by atoms with Crippen molar-refractivity contribution in [3.05, 3.63) is 72.0 Å². The molecule has 0 aliphatic carbocycles. The van der Waals surface area contributed by atoms with Gasteiger partial charge in [0.05, 0.1) is 22.7 Å². The summed E-state index contributed by atoms with van der Waals surface area (Å²) in [5, 5.41) is 10.00. The van der Waals surface area contributed by atoms with E-state index in [2.05, 4.69) is 9.98 Å². The number of rotatable bonds is 7. The summed E-state index contributed by atoms with van der Waals surface area (Å²) in [6, 6.07) is 16.3. The Balaban J connectivity index is 1.63. The van der Waals surface area contributed by atoms with Crippen molar-refractivity contribution in [2.45, 2.75) is 31.8 Å². The molecular formula is C24H25N2O5P. The van der Waals surface area contributed by atoms with Gasteiger partial charge in [0.25, 0.3) is 0 Å². The summed E-state index contributed by atoms with van der Waals surface area (Å²) in [5.41, 5.74) is 3.41. The average Bonchev–Trinajstić information content (AvgIpc) is 3.40. The average molecular weight is 452 g/mol. The summed E-state index contributed by atoms with van der Waals surface area (Å²) in [7, 11) is -4.34. The maximum atomic E-state index is 12.2. The molecular weight excluding hydrogens is 427 g/mol. The molecule has 0 fully saturated rings. The maximum absolute atomic E-state index is 12.2. The Bertz CT molecular complexity index is 1300. The zero-order valence-electron chi connectivity index (χ0n) is 17.8. The maximum Gasteiger partial charge on any atom is 0.335 e. The number of fused-ring (bicyclic) bond motifs is 1. The lowest BCUT2D eigenvalue weighted by molar-refractivity contribution is 0.315. The van der Waals surface area contributed by atoms with Crippen LogP contribution < -0.4 is 0 Å². The van der Waals surface area contributed by atoms with Gasteiger partial charge in [0, 0.05) is 22.7 Å². The second-order valence-corrected chi connectivity index (χ2v) is 9.66. The van der Waals surface area contributed by atoms with E-state index in [1.54, 1.807) is 50.6 Å². The molecule has 0 aliphatic heterocycles. The monoisotopic (exact) mass is 452 g/mol. The van der Waals surface area contributed by atoms with Gasteiger partial charge in [-0.2, -0.15) is 0 Å². The number of nitrogens with zero attached hydrogens (tertiary/aromatic N) is 1. The van der Waals surface area contributed by atoms with E-state index in [1.165, 1.54) is 0 Å². The van der Waals surface area contributed by atoms with E-state index in [0.29, 0.717) is 29.7 Å². The Hall–Kier alpha value is -3.12. The molecule has 2 heterocycles. The van der Waals surface area contributed by atoms with Crippen LogP contribution in [0.25, 0.3) is 22.2 Å². The Kier molecular flexibility index (Phi) is 5.82. The largest absolute Gasteiger partial charge is 0.494 e. The predicted molar refractivity (Wildman–Crippen MR) is 126 cm³/mol. The molecule has 0 amide bonds. The molecule has 4 aromatic rings. The minimum absolute atomic E-state index is 0.00875. The first-order valence-corrected chi connectivity index (χ1v) is 12.0. The van der Waals surface area contributed by atoms with Crippen molar-refractivity contribution in [1.82, 2.24) is 4.98 Å². The molecule has 0 saturated carbocycles. The number of aromatic amines is 1. The lowest BCUT2D eigenvalue weighted by Gasteiger charge is -2.32. The van der Waals surface area contributed by atoms with Crippen molar-refractivity contribution < 1.29 is 23.9 Å². The van der Waals surface area contributed by atoms with Crippen molar-refractivity contribution >= 4 is 30.4 Å². The molecule has 0 bridgehead atoms. The van der Waals surface area contributed by atoms with Crippen LogP contribution in [0.3, 0.4) is 0 Å². The summed E-state index contributed by atoms with van der Waals surface area (Å²) in [6.45, 7) is 3.57. The third-order valence-corrected chi connectivity index (χ3v) is 8.10. The van der Waals surface area contributed by atoms with Crippen LogP contribution in [0.2, 0.25) is 0 Å². The number of benzene rings is 2. The second-order valence-electron chi connectivity index (χ2n) is 7.71. The third-order valence-electron chi connectivity index (χ3n) is 6.10. The number of aromatic hydroxyl groups is 1. The van der Waals surface area contributed by atoms with E-state index in [0.717, 1.165) is 22.2 Å². The molecule has 4 rings (SSSR count). The van der Waals surface area contributed by atoms with Crippen LogP contribution in [-0.2, 0) is 9.72 Å². The Morgan fingerprint density at radius 3 is 2.41 bits per heavy atom. The Morgan fingerprint density at radius 1 is 1.09 bits per heavy atom. The molecule has 0 atom stereocenters. The van der Waals surface area contributed by atoms with Gasteiger partial charge in [0.1, 0.15) is 5.76 Å². The first-order valence-electron chi connectivity index (χ1n) is 10.4. The standard InChI is InChI=1S/C24H25N2O5P/c1-3-24(4-2,32(28,29)30)17-8-10-18(11-9-17)25-15-20-19-12-7-16(22-6-5-13-31-22)14-21(19)26-23(20)27/h5-15,26-27H,3-4H2,1-2H3,(H2,28,29,30). The fourth-order valence-electron chi connectivity index (χ4n) is 4.17. The molecule has 2 aromatic carbocycles. The van der Waals surface area contributed by atoms with Gasteiger partial charge in [0.2, 0.25) is 0 Å². The van der Waals surface area contributed by atoms with Crippen LogP contribution in [0.5, 0.6) is 5.88 Å². The highest BCUT2D eigenvalue weighted by molar-refractivity contribution is 7.53. The molecule has 7 nitrogen and oxygen atoms in total. The predicted octanol–water partition coefficient (Wildman–Crippen LogP) is 6.08. The van der Waals surface area contributed by atoms with Crippen LogP contribution >= 0.6 is 7.60 Å². The zero-order chi connectivity index (χ0) is 22.9. The molecule has 8 heteroatoms. The summed E-state index contributed by atoms with van der Waals surface area (Å²) < 4.78 is 17.6. The smallest absolute Gasteiger partial charge is 0.335 e. The fraction of sp³-hybridized carbons (Fsp3) is 0.208. The van der Waals surface area contributed by atoms with Gasteiger partial charge < -0.3 is 24.3 Å². The van der Waals surface area contributed by atoms with Gasteiger partial charge in [-0.05, 0) is 48.7 Å². The van der Waals surface area contributed by atoms with Crippen LogP contribution in [0.1, 0.15) is 37.8 Å². The first-order chi connectivity index (χ1) is 15.3. The molecule has 4 N–H and O–H groups in total. The van der Waals surface area contributed by atoms with E-state index in [1.807, 2.05) is 30.3 Å². The minimum atomic E-state index is -4.34. The van der Waals surface area contributed by atoms with Gasteiger partial charge in [-0.15, -0.1) is 0 Å². The van der Waals surface area contributed by atoms with Gasteiger partial charge >= 0.3 is 7.60 Å². The number of hydrogen-bond donors (Lipinski definition) is 4. The van der Waals surface area contributed by atoms with Crippen LogP contribution in [0, 0.1) is 0 Å². The molecule has 0 aliphatic rings. The molecule has 166 valence electrons. The Morgan fingerprint density at radius 2 is 1.81 bits per heavy atom. The number of H-pyrrole nitrogens is 1. The molecule has 2 aromatic heterocycles. The summed E-state index contributed by atoms with van der Waals surface area (Å²) >= 11 is 0. The normalized spacial score (nSPS) is 12.8. The summed E-state index contributed by atoms with van der Waals surface area (Å²) in [5.74, 6) is 0.747. The van der Waals surface area contributed by atoms with Crippen molar-refractivity contribution in [1.29, 1.82) is 0 Å². The molecule has 0 saturated heterocycles. The minimum Gasteiger partial charge on any atom is -0.494 e. The van der Waals surface area contributed by atoms with E-state index >= 15 is 0 Å². The summed E-state index contributed by atoms with van der Waals surface area (Å²) in [6.07, 6.45) is 3.85. The number of aromatic nitrogens is 1. The lowest BCUT2D eigenvalue weighted by Crippen LogP contribution is -2.24. The first kappa shape index (κ1) is 22.1. The SMILES string of the molecule is CCC(CC)(c1ccc(N=Cc2c(O)[nH]c3cc(-c4ccco4)ccc23)cc1)P(=O)(O)O. The van der Waals surface area contributed by atoms with E-state index in [-0.39, 0.29) is 5.88 Å². The van der Waals surface area contributed by atoms with Crippen LogP contribution in [0.4, 0.5) is 5.69 Å². The lowest BCUT2D eigenvalue weighted by atomic mass is 9.92. The van der Waals surface area contributed by atoms with Crippen LogP contribution in [-0.4, -0.2) is 26.1 Å². The van der Waals surface area contributed by atoms with Gasteiger partial charge in [-0.1, -0.05) is 38.1 Å². The highest BCUT2D eigenvalue weighted by Gasteiger charge is 2.45. The molecule has 0 spiro atoms. The van der Waals surface area contributed by atoms with Crippen molar-refractivity contribution in [2.75, 3.05) is 0 Å². The number of aliphatic imine (C=N–C) groups is 1. The summed E-state index contributed by atoms with van der Waals surface area (Å²) in [4.78, 5) is 27.3. The van der Waals surface area contributed by atoms with Crippen molar-refractivity contribution in [3.63, 3.8) is 0 Å². The Labute approximate surface area is 185 Å². The highest BCUT2D eigenvalue weighted by Crippen LogP contribution is 2.60. The quantitative estimate of drug-likeness (QED) is 0.200. The van der Waals surface area contributed by atoms with Crippen molar-refractivity contribution in [2.24, 2.45) is 4.99 Å². The van der Waals surface area contributed by atoms with E-state index < -0.39 is 12.8 Å². The zero-order valence-corrected chi connectivity index (χ0v) is 18.7. The van der Waals surface area contributed by atoms with Gasteiger partial charge in [-0.25, -0.2) is 0 Å². The highest BCUT2D eigenvalue weighted by atomic mass is 31.2. The fourth-order valence-corrected chi connectivity index (χ4v) is 5.48. The van der Waals surface area contributed by atoms with E-state index in [9.17, 15) is 19.5 Å². The number of nitrogens with one attached hydrogen (secondary N) is 1. The van der Waals surface area contributed by atoms with Crippen LogP contribution in [0.15, 0.2) is 70.3 Å². The molecule has 32 heavy (non-hydrogen) atoms. The molecule has 0 unspecified atom stereocenters. The van der Waals surface area contributed by atoms with Gasteiger partial charge in [0.15, 0.2) is 5.88 Å². The molecule has 0 radical (unpaired) electrons.